The van der Waals surface area contributed by atoms with E-state index in [4.69, 9.17) is 0 Å². The topological polar surface area (TPSA) is 87.2 Å². The van der Waals surface area contributed by atoms with Gasteiger partial charge >= 0.3 is 5.69 Å². The van der Waals surface area contributed by atoms with Crippen LogP contribution in [-0.4, -0.2) is 45.5 Å². The molecule has 3 rings (SSSR count). The quantitative estimate of drug-likeness (QED) is 0.650. The molecule has 164 valence electrons. The highest BCUT2D eigenvalue weighted by atomic mass is 16.2. The van der Waals surface area contributed by atoms with Gasteiger partial charge in [-0.2, -0.15) is 0 Å². The minimum atomic E-state index is -0.422. The lowest BCUT2D eigenvalue weighted by atomic mass is 9.98. The Morgan fingerprint density at radius 1 is 1.13 bits per heavy atom. The summed E-state index contributed by atoms with van der Waals surface area (Å²) in [5, 5.41) is 3.40. The van der Waals surface area contributed by atoms with Gasteiger partial charge in [-0.15, -0.1) is 0 Å². The number of benzene rings is 1. The Morgan fingerprint density at radius 3 is 2.57 bits per heavy atom. The number of nitrogens with one attached hydrogen (secondary N) is 2. The highest BCUT2D eigenvalue weighted by Crippen LogP contribution is 2.21. The number of H-pyrrole nitrogens is 1. The maximum Gasteiger partial charge on any atom is 0.328 e. The summed E-state index contributed by atoms with van der Waals surface area (Å²) in [6.45, 7) is 8.36. The zero-order valence-electron chi connectivity index (χ0n) is 18.4. The summed E-state index contributed by atoms with van der Waals surface area (Å²) in [5.74, 6) is -0.192. The van der Waals surface area contributed by atoms with Crippen LogP contribution >= 0.6 is 0 Å². The van der Waals surface area contributed by atoms with Crippen molar-refractivity contribution >= 4 is 16.8 Å². The first kappa shape index (κ1) is 22.3. The molecule has 1 aliphatic heterocycles. The molecule has 0 radical (unpaired) electrons. The summed E-state index contributed by atoms with van der Waals surface area (Å²) >= 11 is 0. The zero-order valence-corrected chi connectivity index (χ0v) is 18.4. The van der Waals surface area contributed by atoms with Gasteiger partial charge in [0.25, 0.3) is 11.5 Å². The predicted molar refractivity (Wildman–Crippen MR) is 120 cm³/mol. The normalized spacial score (nSPS) is 19.8. The number of aromatic nitrogens is 2. The largest absolute Gasteiger partial charge is 0.351 e. The van der Waals surface area contributed by atoms with E-state index < -0.39 is 5.69 Å². The summed E-state index contributed by atoms with van der Waals surface area (Å²) in [6, 6.07) is 5.95. The van der Waals surface area contributed by atoms with Crippen LogP contribution in [0, 0.1) is 0 Å². The fourth-order valence-electron chi connectivity index (χ4n) is 4.43. The SMILES string of the molecule is CCCCCn1c(=O)[nH]c2cc(C(=O)NCCN3[C@H](C)CCC[C@H]3C)ccc2c1=O. The van der Waals surface area contributed by atoms with E-state index in [1.54, 1.807) is 18.2 Å². The van der Waals surface area contributed by atoms with Crippen LogP contribution in [0.1, 0.15) is 69.7 Å². The molecule has 7 heteroatoms. The third-order valence-corrected chi connectivity index (χ3v) is 6.26. The molecule has 0 unspecified atom stereocenters. The van der Waals surface area contributed by atoms with Crippen molar-refractivity contribution in [3.05, 3.63) is 44.6 Å². The van der Waals surface area contributed by atoms with E-state index in [0.29, 0.717) is 41.6 Å². The molecule has 0 saturated carbocycles. The highest BCUT2D eigenvalue weighted by molar-refractivity contribution is 5.97. The molecule has 2 atom stereocenters. The number of carbonyl (C=O) groups is 1. The molecule has 2 aromatic rings. The van der Waals surface area contributed by atoms with Crippen LogP contribution in [0.3, 0.4) is 0 Å². The van der Waals surface area contributed by atoms with E-state index >= 15 is 0 Å². The molecule has 1 aromatic carbocycles. The van der Waals surface area contributed by atoms with Crippen molar-refractivity contribution in [1.82, 2.24) is 19.8 Å². The third-order valence-electron chi connectivity index (χ3n) is 6.26. The first-order chi connectivity index (χ1) is 14.4. The molecule has 1 saturated heterocycles. The molecular formula is C23H34N4O3. The highest BCUT2D eigenvalue weighted by Gasteiger charge is 2.24. The smallest absolute Gasteiger partial charge is 0.328 e. The summed E-state index contributed by atoms with van der Waals surface area (Å²) in [4.78, 5) is 42.8. The number of nitrogens with zero attached hydrogens (tertiary/aromatic N) is 2. The van der Waals surface area contributed by atoms with E-state index in [1.165, 1.54) is 23.8 Å². The Morgan fingerprint density at radius 2 is 1.87 bits per heavy atom. The second kappa shape index (κ2) is 10.1. The Kier molecular flexibility index (Phi) is 7.48. The van der Waals surface area contributed by atoms with Crippen molar-refractivity contribution in [3.8, 4) is 0 Å². The molecule has 0 spiro atoms. The fourth-order valence-corrected chi connectivity index (χ4v) is 4.43. The third kappa shape index (κ3) is 5.01. The first-order valence-corrected chi connectivity index (χ1v) is 11.2. The number of aromatic amines is 1. The van der Waals surface area contributed by atoms with Gasteiger partial charge in [0.2, 0.25) is 0 Å². The van der Waals surface area contributed by atoms with Crippen molar-refractivity contribution in [2.45, 2.75) is 77.9 Å². The summed E-state index contributed by atoms with van der Waals surface area (Å²) in [5.41, 5.74) is 0.128. The molecule has 1 aromatic heterocycles. The van der Waals surface area contributed by atoms with Crippen LogP contribution in [-0.2, 0) is 6.54 Å². The standard InChI is InChI=1S/C23H34N4O3/c1-4-5-6-13-27-22(29)19-11-10-18(15-20(19)25-23(27)30)21(28)24-12-14-26-16(2)8-7-9-17(26)3/h10-11,15-17H,4-9,12-14H2,1-3H3,(H,24,28)(H,25,30)/t16-,17-/m1/s1. The monoisotopic (exact) mass is 414 g/mol. The molecule has 1 amide bonds. The van der Waals surface area contributed by atoms with Crippen molar-refractivity contribution < 1.29 is 4.79 Å². The van der Waals surface area contributed by atoms with Crippen LogP contribution in [0.15, 0.2) is 27.8 Å². The van der Waals surface area contributed by atoms with E-state index in [9.17, 15) is 14.4 Å². The Balaban J connectivity index is 1.69. The van der Waals surface area contributed by atoms with Gasteiger partial charge in [-0.3, -0.25) is 19.1 Å². The van der Waals surface area contributed by atoms with Gasteiger partial charge in [-0.05, 0) is 51.3 Å². The second-order valence-electron chi connectivity index (χ2n) is 8.48. The van der Waals surface area contributed by atoms with Crippen molar-refractivity contribution in [3.63, 3.8) is 0 Å². The van der Waals surface area contributed by atoms with Crippen LogP contribution in [0.5, 0.6) is 0 Å². The second-order valence-corrected chi connectivity index (χ2v) is 8.48. The average Bonchev–Trinajstić information content (AvgIpc) is 2.72. The average molecular weight is 415 g/mol. The number of likely N-dealkylation sites (tertiary alicyclic amines) is 1. The maximum atomic E-state index is 12.7. The summed E-state index contributed by atoms with van der Waals surface area (Å²) < 4.78 is 1.25. The van der Waals surface area contributed by atoms with Crippen LogP contribution in [0.2, 0.25) is 0 Å². The minimum Gasteiger partial charge on any atom is -0.351 e. The van der Waals surface area contributed by atoms with Crippen molar-refractivity contribution in [1.29, 1.82) is 0 Å². The van der Waals surface area contributed by atoms with Crippen LogP contribution in [0.4, 0.5) is 0 Å². The number of carbonyl (C=O) groups excluding carboxylic acids is 1. The van der Waals surface area contributed by atoms with Gasteiger partial charge < -0.3 is 10.3 Å². The summed E-state index contributed by atoms with van der Waals surface area (Å²) in [6.07, 6.45) is 6.45. The van der Waals surface area contributed by atoms with E-state index in [0.717, 1.165) is 25.8 Å². The minimum absolute atomic E-state index is 0.192. The number of unbranched alkanes of at least 4 members (excludes halogenated alkanes) is 2. The van der Waals surface area contributed by atoms with Gasteiger partial charge in [0, 0.05) is 37.3 Å². The van der Waals surface area contributed by atoms with Crippen LogP contribution < -0.4 is 16.6 Å². The number of hydrogen-bond donors (Lipinski definition) is 2. The van der Waals surface area contributed by atoms with Gasteiger partial charge in [0.1, 0.15) is 0 Å². The van der Waals surface area contributed by atoms with Gasteiger partial charge in [-0.25, -0.2) is 4.79 Å². The maximum absolute atomic E-state index is 12.7. The van der Waals surface area contributed by atoms with E-state index in [2.05, 4.69) is 36.0 Å². The molecule has 1 aliphatic rings. The lowest BCUT2D eigenvalue weighted by Gasteiger charge is -2.39. The van der Waals surface area contributed by atoms with Gasteiger partial charge in [-0.1, -0.05) is 26.2 Å². The van der Waals surface area contributed by atoms with Gasteiger partial charge in [0.05, 0.1) is 10.9 Å². The molecule has 30 heavy (non-hydrogen) atoms. The Bertz CT molecular complexity index is 984. The number of hydrogen-bond acceptors (Lipinski definition) is 4. The number of amides is 1. The molecule has 0 aliphatic carbocycles. The Hall–Kier alpha value is -2.41. The molecular weight excluding hydrogens is 380 g/mol. The molecule has 0 bridgehead atoms. The number of fused-ring (bicyclic) bond motifs is 1. The first-order valence-electron chi connectivity index (χ1n) is 11.2. The molecule has 2 heterocycles. The van der Waals surface area contributed by atoms with Crippen molar-refractivity contribution in [2.75, 3.05) is 13.1 Å². The molecule has 1 fully saturated rings. The Labute approximate surface area is 177 Å². The number of rotatable bonds is 8. The van der Waals surface area contributed by atoms with Crippen molar-refractivity contribution in [2.24, 2.45) is 0 Å². The lowest BCUT2D eigenvalue weighted by Crippen LogP contribution is -2.47. The lowest BCUT2D eigenvalue weighted by molar-refractivity contribution is 0.0889. The van der Waals surface area contributed by atoms with E-state index in [1.807, 2.05) is 0 Å². The van der Waals surface area contributed by atoms with E-state index in [-0.39, 0.29) is 11.5 Å². The zero-order chi connectivity index (χ0) is 21.7. The van der Waals surface area contributed by atoms with Gasteiger partial charge in [0.15, 0.2) is 0 Å². The summed E-state index contributed by atoms with van der Waals surface area (Å²) in [7, 11) is 0. The molecule has 2 N–H and O–H groups in total. The van der Waals surface area contributed by atoms with Crippen LogP contribution in [0.25, 0.3) is 10.9 Å². The molecule has 7 nitrogen and oxygen atoms in total. The predicted octanol–water partition coefficient (Wildman–Crippen LogP) is 2.87. The number of piperidine rings is 1. The fraction of sp³-hybridized carbons (Fsp3) is 0.609.